The lowest BCUT2D eigenvalue weighted by Gasteiger charge is -2.27. The van der Waals surface area contributed by atoms with Crippen molar-refractivity contribution in [2.75, 3.05) is 13.6 Å². The van der Waals surface area contributed by atoms with Crippen LogP contribution in [-0.2, 0) is 11.3 Å². The third-order valence-electron chi connectivity index (χ3n) is 4.58. The third kappa shape index (κ3) is 5.58. The maximum Gasteiger partial charge on any atom is 0.314 e. The maximum atomic E-state index is 12.3. The molecule has 0 saturated heterocycles. The van der Waals surface area contributed by atoms with Crippen molar-refractivity contribution in [2.24, 2.45) is 11.8 Å². The molecule has 0 aliphatic heterocycles. The van der Waals surface area contributed by atoms with Crippen molar-refractivity contribution in [1.29, 1.82) is 0 Å². The van der Waals surface area contributed by atoms with Gasteiger partial charge in [-0.3, -0.25) is 4.79 Å². The predicted molar refractivity (Wildman–Crippen MR) is 90.9 cm³/mol. The molecule has 0 unspecified atom stereocenters. The van der Waals surface area contributed by atoms with Crippen molar-refractivity contribution in [3.63, 3.8) is 0 Å². The van der Waals surface area contributed by atoms with Gasteiger partial charge in [0.05, 0.1) is 0 Å². The zero-order chi connectivity index (χ0) is 16.7. The van der Waals surface area contributed by atoms with E-state index in [4.69, 9.17) is 0 Å². The highest BCUT2D eigenvalue weighted by molar-refractivity contribution is 5.78. The fourth-order valence-corrected chi connectivity index (χ4v) is 2.99. The summed E-state index contributed by atoms with van der Waals surface area (Å²) in [6, 6.07) is 8.09. The van der Waals surface area contributed by atoms with Gasteiger partial charge in [-0.25, -0.2) is 4.79 Å². The molecular formula is C18H27N3O2. The van der Waals surface area contributed by atoms with Gasteiger partial charge in [0.1, 0.15) is 0 Å². The summed E-state index contributed by atoms with van der Waals surface area (Å²) in [7, 11) is 1.62. The first-order chi connectivity index (χ1) is 11.1. The minimum Gasteiger partial charge on any atom is -0.352 e. The van der Waals surface area contributed by atoms with E-state index in [9.17, 15) is 9.59 Å². The molecular weight excluding hydrogens is 290 g/mol. The van der Waals surface area contributed by atoms with Crippen LogP contribution in [0.3, 0.4) is 0 Å². The zero-order valence-corrected chi connectivity index (χ0v) is 14.0. The molecule has 1 aromatic rings. The highest BCUT2D eigenvalue weighted by Crippen LogP contribution is 2.28. The molecule has 5 heteroatoms. The van der Waals surface area contributed by atoms with Crippen LogP contribution in [0.4, 0.5) is 4.79 Å². The molecule has 1 aliphatic carbocycles. The first-order valence-corrected chi connectivity index (χ1v) is 8.37. The SMILES string of the molecule is CNC(=O)NCC1CCC(C(=O)NCc2ccc(C)cc2)CC1. The van der Waals surface area contributed by atoms with E-state index in [0.29, 0.717) is 19.0 Å². The number of benzene rings is 1. The molecule has 1 aromatic carbocycles. The van der Waals surface area contributed by atoms with E-state index >= 15 is 0 Å². The fraction of sp³-hybridized carbons (Fsp3) is 0.556. The van der Waals surface area contributed by atoms with Crippen molar-refractivity contribution in [3.8, 4) is 0 Å². The maximum absolute atomic E-state index is 12.3. The summed E-state index contributed by atoms with van der Waals surface area (Å²) < 4.78 is 0. The number of amides is 3. The first-order valence-electron chi connectivity index (χ1n) is 8.37. The van der Waals surface area contributed by atoms with Gasteiger partial charge in [-0.05, 0) is 44.1 Å². The number of hydrogen-bond donors (Lipinski definition) is 3. The van der Waals surface area contributed by atoms with Gasteiger partial charge in [0.2, 0.25) is 5.91 Å². The Bertz CT molecular complexity index is 520. The van der Waals surface area contributed by atoms with E-state index in [1.807, 2.05) is 0 Å². The molecule has 0 aromatic heterocycles. The lowest BCUT2D eigenvalue weighted by molar-refractivity contribution is -0.126. The molecule has 126 valence electrons. The van der Waals surface area contributed by atoms with Crippen LogP contribution in [0.25, 0.3) is 0 Å². The van der Waals surface area contributed by atoms with E-state index in [2.05, 4.69) is 47.1 Å². The summed E-state index contributed by atoms with van der Waals surface area (Å²) in [5.41, 5.74) is 2.36. The summed E-state index contributed by atoms with van der Waals surface area (Å²) in [5.74, 6) is 0.744. The lowest BCUT2D eigenvalue weighted by atomic mass is 9.81. The Morgan fingerprint density at radius 1 is 1.04 bits per heavy atom. The van der Waals surface area contributed by atoms with Crippen LogP contribution in [0.1, 0.15) is 36.8 Å². The number of hydrogen-bond acceptors (Lipinski definition) is 2. The minimum absolute atomic E-state index is 0.108. The third-order valence-corrected chi connectivity index (χ3v) is 4.58. The van der Waals surface area contributed by atoms with Gasteiger partial charge in [0.15, 0.2) is 0 Å². The molecule has 1 aliphatic rings. The standard InChI is InChI=1S/C18H27N3O2/c1-13-3-5-14(6-4-13)11-20-17(22)16-9-7-15(8-10-16)12-21-18(23)19-2/h3-6,15-16H,7-12H2,1-2H3,(H,20,22)(H2,19,21,23). The van der Waals surface area contributed by atoms with Crippen molar-refractivity contribution >= 4 is 11.9 Å². The van der Waals surface area contributed by atoms with Gasteiger partial charge in [-0.15, -0.1) is 0 Å². The molecule has 0 bridgehead atoms. The summed E-state index contributed by atoms with van der Waals surface area (Å²) >= 11 is 0. The van der Waals surface area contributed by atoms with Crippen molar-refractivity contribution in [2.45, 2.75) is 39.2 Å². The van der Waals surface area contributed by atoms with Crippen LogP contribution in [0.2, 0.25) is 0 Å². The Balaban J connectivity index is 1.69. The fourth-order valence-electron chi connectivity index (χ4n) is 2.99. The van der Waals surface area contributed by atoms with Gasteiger partial charge in [-0.2, -0.15) is 0 Å². The summed E-state index contributed by atoms with van der Waals surface area (Å²) in [6.07, 6.45) is 3.79. The number of aryl methyl sites for hydroxylation is 1. The van der Waals surface area contributed by atoms with Gasteiger partial charge in [-0.1, -0.05) is 29.8 Å². The van der Waals surface area contributed by atoms with Crippen LogP contribution >= 0.6 is 0 Å². The highest BCUT2D eigenvalue weighted by atomic mass is 16.2. The second-order valence-corrected chi connectivity index (χ2v) is 6.38. The molecule has 1 fully saturated rings. The summed E-state index contributed by atoms with van der Waals surface area (Å²) in [5, 5.41) is 8.44. The second kappa shape index (κ2) is 8.56. The second-order valence-electron chi connectivity index (χ2n) is 6.38. The molecule has 1 saturated carbocycles. The molecule has 2 rings (SSSR count). The molecule has 0 radical (unpaired) electrons. The van der Waals surface area contributed by atoms with E-state index in [1.54, 1.807) is 7.05 Å². The van der Waals surface area contributed by atoms with Crippen molar-refractivity contribution < 1.29 is 9.59 Å². The first kappa shape index (κ1) is 17.3. The molecule has 0 atom stereocenters. The summed E-state index contributed by atoms with van der Waals surface area (Å²) in [6.45, 7) is 3.34. The lowest BCUT2D eigenvalue weighted by Crippen LogP contribution is -2.38. The zero-order valence-electron chi connectivity index (χ0n) is 14.0. The van der Waals surface area contributed by atoms with E-state index in [0.717, 1.165) is 31.2 Å². The van der Waals surface area contributed by atoms with Gasteiger partial charge in [0.25, 0.3) is 0 Å². The van der Waals surface area contributed by atoms with Gasteiger partial charge < -0.3 is 16.0 Å². The average Bonchev–Trinajstić information content (AvgIpc) is 2.59. The molecule has 0 spiro atoms. The Morgan fingerprint density at radius 2 is 1.70 bits per heavy atom. The van der Waals surface area contributed by atoms with Crippen LogP contribution in [0, 0.1) is 18.8 Å². The molecule has 23 heavy (non-hydrogen) atoms. The van der Waals surface area contributed by atoms with Crippen LogP contribution < -0.4 is 16.0 Å². The van der Waals surface area contributed by atoms with Gasteiger partial charge >= 0.3 is 6.03 Å². The molecule has 0 heterocycles. The monoisotopic (exact) mass is 317 g/mol. The number of urea groups is 1. The number of carbonyl (C=O) groups is 2. The molecule has 3 amide bonds. The number of carbonyl (C=O) groups excluding carboxylic acids is 2. The van der Waals surface area contributed by atoms with Crippen LogP contribution in [0.15, 0.2) is 24.3 Å². The topological polar surface area (TPSA) is 70.2 Å². The summed E-state index contributed by atoms with van der Waals surface area (Å²) in [4.78, 5) is 23.4. The quantitative estimate of drug-likeness (QED) is 0.780. The van der Waals surface area contributed by atoms with Crippen LogP contribution in [-0.4, -0.2) is 25.5 Å². The molecule has 3 N–H and O–H groups in total. The number of rotatable bonds is 5. The Labute approximate surface area is 138 Å². The Hall–Kier alpha value is -2.04. The smallest absolute Gasteiger partial charge is 0.314 e. The average molecular weight is 317 g/mol. The molecule has 5 nitrogen and oxygen atoms in total. The largest absolute Gasteiger partial charge is 0.352 e. The van der Waals surface area contributed by atoms with Gasteiger partial charge in [0, 0.05) is 26.1 Å². The Morgan fingerprint density at radius 3 is 2.30 bits per heavy atom. The highest BCUT2D eigenvalue weighted by Gasteiger charge is 2.26. The minimum atomic E-state index is -0.136. The van der Waals surface area contributed by atoms with E-state index in [1.165, 1.54) is 5.56 Å². The normalized spacial score (nSPS) is 20.6. The van der Waals surface area contributed by atoms with Crippen molar-refractivity contribution in [3.05, 3.63) is 35.4 Å². The predicted octanol–water partition coefficient (Wildman–Crippen LogP) is 2.35. The van der Waals surface area contributed by atoms with E-state index < -0.39 is 0 Å². The van der Waals surface area contributed by atoms with Crippen molar-refractivity contribution in [1.82, 2.24) is 16.0 Å². The van der Waals surface area contributed by atoms with Crippen LogP contribution in [0.5, 0.6) is 0 Å². The Kier molecular flexibility index (Phi) is 6.44. The van der Waals surface area contributed by atoms with E-state index in [-0.39, 0.29) is 17.9 Å². The number of nitrogens with one attached hydrogen (secondary N) is 3.